The number of nitrogens with zero attached hydrogens (tertiary/aromatic N) is 2. The van der Waals surface area contributed by atoms with E-state index < -0.39 is 0 Å². The molecule has 1 aromatic rings. The van der Waals surface area contributed by atoms with Crippen LogP contribution in [0.15, 0.2) is 4.52 Å². The summed E-state index contributed by atoms with van der Waals surface area (Å²) in [6, 6.07) is 0. The molecule has 1 aromatic heterocycles. The first-order valence-corrected chi connectivity index (χ1v) is 8.91. The molecule has 0 aromatic carbocycles. The summed E-state index contributed by atoms with van der Waals surface area (Å²) in [5, 5.41) is 4.23. The van der Waals surface area contributed by atoms with E-state index in [1.165, 1.54) is 70.6 Å². The highest BCUT2D eigenvalue weighted by molar-refractivity contribution is 5.08. The predicted molar refractivity (Wildman–Crippen MR) is 82.9 cm³/mol. The van der Waals surface area contributed by atoms with Gasteiger partial charge in [0.05, 0.1) is 5.54 Å². The van der Waals surface area contributed by atoms with Crippen molar-refractivity contribution in [2.75, 3.05) is 0 Å². The Balaban J connectivity index is 1.66. The Morgan fingerprint density at radius 3 is 1.90 bits per heavy atom. The zero-order valence-corrected chi connectivity index (χ0v) is 13.1. The van der Waals surface area contributed by atoms with Crippen molar-refractivity contribution in [2.24, 2.45) is 5.73 Å². The van der Waals surface area contributed by atoms with Gasteiger partial charge in [0.1, 0.15) is 0 Å². The Morgan fingerprint density at radius 2 is 1.38 bits per heavy atom. The molecule has 0 amide bonds. The smallest absolute Gasteiger partial charge is 0.229 e. The zero-order valence-electron chi connectivity index (χ0n) is 13.1. The van der Waals surface area contributed by atoms with Gasteiger partial charge < -0.3 is 10.3 Å². The van der Waals surface area contributed by atoms with Crippen LogP contribution >= 0.6 is 0 Å². The van der Waals surface area contributed by atoms with E-state index in [0.29, 0.717) is 5.92 Å². The number of hydrogen-bond acceptors (Lipinski definition) is 4. The van der Waals surface area contributed by atoms with E-state index in [4.69, 9.17) is 10.3 Å². The standard InChI is InChI=1S/C17H29N3O/c18-17(16-19-15(21-20-16)14-10-11-14)12-8-6-4-2-1-3-5-7-9-13-17/h14H,1-13,18H2. The van der Waals surface area contributed by atoms with E-state index in [2.05, 4.69) is 10.1 Å². The fraction of sp³-hybridized carbons (Fsp3) is 0.882. The molecule has 0 bridgehead atoms. The van der Waals surface area contributed by atoms with Crippen molar-refractivity contribution in [3.8, 4) is 0 Å². The first kappa shape index (κ1) is 15.0. The van der Waals surface area contributed by atoms with Crippen molar-refractivity contribution in [2.45, 2.75) is 94.9 Å². The fourth-order valence-electron chi connectivity index (χ4n) is 3.40. The Labute approximate surface area is 127 Å². The molecule has 21 heavy (non-hydrogen) atoms. The fourth-order valence-corrected chi connectivity index (χ4v) is 3.40. The largest absolute Gasteiger partial charge is 0.339 e. The lowest BCUT2D eigenvalue weighted by Gasteiger charge is -2.26. The van der Waals surface area contributed by atoms with Crippen molar-refractivity contribution in [3.63, 3.8) is 0 Å². The van der Waals surface area contributed by atoms with Crippen LogP contribution in [-0.2, 0) is 5.54 Å². The van der Waals surface area contributed by atoms with Crippen LogP contribution < -0.4 is 5.73 Å². The van der Waals surface area contributed by atoms with Crippen LogP contribution in [-0.4, -0.2) is 10.1 Å². The molecule has 0 unspecified atom stereocenters. The van der Waals surface area contributed by atoms with Gasteiger partial charge >= 0.3 is 0 Å². The van der Waals surface area contributed by atoms with E-state index in [-0.39, 0.29) is 5.54 Å². The molecule has 118 valence electrons. The van der Waals surface area contributed by atoms with Crippen molar-refractivity contribution < 1.29 is 4.52 Å². The molecule has 2 aliphatic rings. The summed E-state index contributed by atoms with van der Waals surface area (Å²) in [5.74, 6) is 2.10. The van der Waals surface area contributed by atoms with Gasteiger partial charge in [-0.1, -0.05) is 62.9 Å². The highest BCUT2D eigenvalue weighted by Crippen LogP contribution is 2.40. The minimum atomic E-state index is -0.365. The second-order valence-electron chi connectivity index (χ2n) is 7.07. The van der Waals surface area contributed by atoms with Gasteiger partial charge in [0.25, 0.3) is 0 Å². The second-order valence-corrected chi connectivity index (χ2v) is 7.07. The maximum Gasteiger partial charge on any atom is 0.229 e. The molecule has 3 rings (SSSR count). The van der Waals surface area contributed by atoms with E-state index in [0.717, 1.165) is 24.6 Å². The third-order valence-electron chi connectivity index (χ3n) is 5.06. The first-order valence-electron chi connectivity index (χ1n) is 8.91. The Hall–Kier alpha value is -0.900. The SMILES string of the molecule is NC1(c2noc(C3CC3)n2)CCCCCCCCCCC1. The van der Waals surface area contributed by atoms with Crippen LogP contribution in [0.5, 0.6) is 0 Å². The normalized spacial score (nSPS) is 25.0. The molecule has 4 heteroatoms. The van der Waals surface area contributed by atoms with Gasteiger partial charge in [-0.2, -0.15) is 4.98 Å². The summed E-state index contributed by atoms with van der Waals surface area (Å²) < 4.78 is 5.44. The van der Waals surface area contributed by atoms with Gasteiger partial charge in [-0.25, -0.2) is 0 Å². The summed E-state index contributed by atoms with van der Waals surface area (Å²) in [6.45, 7) is 0. The van der Waals surface area contributed by atoms with Gasteiger partial charge in [-0.3, -0.25) is 0 Å². The molecule has 0 aliphatic heterocycles. The van der Waals surface area contributed by atoms with Gasteiger partial charge in [0.2, 0.25) is 5.89 Å². The molecule has 4 nitrogen and oxygen atoms in total. The summed E-state index contributed by atoms with van der Waals surface area (Å²) in [5.41, 5.74) is 6.34. The molecule has 0 spiro atoms. The van der Waals surface area contributed by atoms with E-state index in [1.807, 2.05) is 0 Å². The quantitative estimate of drug-likeness (QED) is 0.876. The van der Waals surface area contributed by atoms with Crippen molar-refractivity contribution in [1.82, 2.24) is 10.1 Å². The zero-order chi connectivity index (χ0) is 14.5. The van der Waals surface area contributed by atoms with Crippen LogP contribution in [0.1, 0.15) is 101 Å². The third kappa shape index (κ3) is 4.06. The minimum absolute atomic E-state index is 0.365. The molecule has 2 N–H and O–H groups in total. The number of aromatic nitrogens is 2. The maximum atomic E-state index is 6.71. The molecule has 0 atom stereocenters. The monoisotopic (exact) mass is 291 g/mol. The van der Waals surface area contributed by atoms with Gasteiger partial charge in [0, 0.05) is 5.92 Å². The highest BCUT2D eigenvalue weighted by Gasteiger charge is 2.35. The van der Waals surface area contributed by atoms with E-state index >= 15 is 0 Å². The second kappa shape index (κ2) is 6.91. The van der Waals surface area contributed by atoms with Crippen LogP contribution in [0.25, 0.3) is 0 Å². The predicted octanol–water partition coefficient (Wildman–Crippen LogP) is 4.41. The molecule has 2 saturated carbocycles. The van der Waals surface area contributed by atoms with Crippen LogP contribution in [0.2, 0.25) is 0 Å². The Bertz CT molecular complexity index is 427. The van der Waals surface area contributed by atoms with Crippen molar-refractivity contribution in [3.05, 3.63) is 11.7 Å². The number of nitrogens with two attached hydrogens (primary N) is 1. The van der Waals surface area contributed by atoms with Gasteiger partial charge in [-0.15, -0.1) is 0 Å². The number of hydrogen-bond donors (Lipinski definition) is 1. The Kier molecular flexibility index (Phi) is 4.94. The van der Waals surface area contributed by atoms with Crippen LogP contribution in [0, 0.1) is 0 Å². The lowest BCUT2D eigenvalue weighted by Crippen LogP contribution is -2.38. The Morgan fingerprint density at radius 1 is 0.857 bits per heavy atom. The lowest BCUT2D eigenvalue weighted by atomic mass is 9.86. The van der Waals surface area contributed by atoms with Gasteiger partial charge in [0.15, 0.2) is 5.82 Å². The molecule has 2 aliphatic carbocycles. The topological polar surface area (TPSA) is 64.9 Å². The molecular weight excluding hydrogens is 262 g/mol. The summed E-state index contributed by atoms with van der Waals surface area (Å²) >= 11 is 0. The van der Waals surface area contributed by atoms with Crippen LogP contribution in [0.3, 0.4) is 0 Å². The maximum absolute atomic E-state index is 6.71. The molecule has 0 saturated heterocycles. The van der Waals surface area contributed by atoms with E-state index in [9.17, 15) is 0 Å². The number of rotatable bonds is 2. The van der Waals surface area contributed by atoms with Crippen molar-refractivity contribution in [1.29, 1.82) is 0 Å². The highest BCUT2D eigenvalue weighted by atomic mass is 16.5. The lowest BCUT2D eigenvalue weighted by molar-refractivity contribution is 0.301. The van der Waals surface area contributed by atoms with Crippen molar-refractivity contribution >= 4 is 0 Å². The third-order valence-corrected chi connectivity index (χ3v) is 5.06. The molecular formula is C17H29N3O. The summed E-state index contributed by atoms with van der Waals surface area (Å²) in [6.07, 6.45) is 16.2. The summed E-state index contributed by atoms with van der Waals surface area (Å²) in [7, 11) is 0. The van der Waals surface area contributed by atoms with Crippen LogP contribution in [0.4, 0.5) is 0 Å². The molecule has 1 heterocycles. The average molecular weight is 291 g/mol. The molecule has 2 fully saturated rings. The summed E-state index contributed by atoms with van der Waals surface area (Å²) in [4.78, 5) is 4.63. The molecule has 0 radical (unpaired) electrons. The van der Waals surface area contributed by atoms with E-state index in [1.54, 1.807) is 0 Å². The minimum Gasteiger partial charge on any atom is -0.339 e. The van der Waals surface area contributed by atoms with Gasteiger partial charge in [-0.05, 0) is 25.7 Å². The average Bonchev–Trinajstić information content (AvgIpc) is 3.20. The first-order chi connectivity index (χ1) is 10.3.